The van der Waals surface area contributed by atoms with E-state index in [0.717, 1.165) is 37.0 Å². The van der Waals surface area contributed by atoms with E-state index in [2.05, 4.69) is 56.7 Å². The molecule has 1 amide bonds. The Labute approximate surface area is 180 Å². The predicted molar refractivity (Wildman–Crippen MR) is 126 cm³/mol. The number of amides is 1. The smallest absolute Gasteiger partial charge is 0.219 e. The molecule has 0 atom stereocenters. The van der Waals surface area contributed by atoms with Crippen molar-refractivity contribution in [2.24, 2.45) is 0 Å². The Bertz CT molecular complexity index is 513. The number of benzene rings is 1. The van der Waals surface area contributed by atoms with Crippen molar-refractivity contribution in [3.63, 3.8) is 0 Å². The minimum atomic E-state index is 0.231. The summed E-state index contributed by atoms with van der Waals surface area (Å²) in [6.07, 6.45) is 16.3. The van der Waals surface area contributed by atoms with Crippen LogP contribution in [0.25, 0.3) is 0 Å². The second-order valence-electron chi connectivity index (χ2n) is 9.29. The molecule has 3 nitrogen and oxygen atoms in total. The van der Waals surface area contributed by atoms with Gasteiger partial charge in [-0.1, -0.05) is 101 Å². The lowest BCUT2D eigenvalue weighted by Gasteiger charge is -2.30. The first-order chi connectivity index (χ1) is 14.0. The van der Waals surface area contributed by atoms with Gasteiger partial charge in [-0.25, -0.2) is 0 Å². The fraction of sp³-hybridized carbons (Fsp3) is 0.731. The van der Waals surface area contributed by atoms with Crippen LogP contribution >= 0.6 is 0 Å². The van der Waals surface area contributed by atoms with Gasteiger partial charge in [0.15, 0.2) is 0 Å². The first-order valence-corrected chi connectivity index (χ1v) is 12.2. The molecule has 1 aromatic carbocycles. The fourth-order valence-corrected chi connectivity index (χ4v) is 3.93. The third kappa shape index (κ3) is 15.2. The summed E-state index contributed by atoms with van der Waals surface area (Å²) in [4.78, 5) is 12.0. The number of unbranched alkanes of at least 4 members (excludes halogenated alkanes) is 10. The second kappa shape index (κ2) is 16.4. The highest BCUT2D eigenvalue weighted by atomic mass is 16.1. The maximum atomic E-state index is 12.0. The lowest BCUT2D eigenvalue weighted by molar-refractivity contribution is -0.903. The van der Waals surface area contributed by atoms with Crippen molar-refractivity contribution in [2.75, 3.05) is 27.2 Å². The standard InChI is InChI=1S/C26H46N2O/c1-4-5-6-7-8-9-10-11-12-13-17-21-26(29)27-22-18-23-28(2,3)24-25-19-15-14-16-20-25/h14-16,19-20H,4-13,17-18,21-24H2,1-3H3/p+1. The molecule has 0 saturated heterocycles. The van der Waals surface area contributed by atoms with Crippen molar-refractivity contribution in [3.05, 3.63) is 35.9 Å². The lowest BCUT2D eigenvalue weighted by atomic mass is 10.1. The van der Waals surface area contributed by atoms with Gasteiger partial charge in [-0.3, -0.25) is 4.79 Å². The summed E-state index contributed by atoms with van der Waals surface area (Å²) in [5.74, 6) is 0.231. The molecule has 0 aliphatic heterocycles. The molecular weight excluding hydrogens is 356 g/mol. The summed E-state index contributed by atoms with van der Waals surface area (Å²) in [5.41, 5.74) is 1.37. The zero-order valence-electron chi connectivity index (χ0n) is 19.6. The van der Waals surface area contributed by atoms with E-state index in [0.29, 0.717) is 6.42 Å². The predicted octanol–water partition coefficient (Wildman–Crippen LogP) is 6.47. The van der Waals surface area contributed by atoms with E-state index >= 15 is 0 Å². The molecular formula is C26H47N2O+. The molecule has 0 unspecified atom stereocenters. The Hall–Kier alpha value is -1.35. The van der Waals surface area contributed by atoms with Gasteiger partial charge in [0.2, 0.25) is 5.91 Å². The summed E-state index contributed by atoms with van der Waals surface area (Å²) < 4.78 is 0.957. The molecule has 0 radical (unpaired) electrons. The number of hydrogen-bond donors (Lipinski definition) is 1. The molecule has 0 saturated carbocycles. The summed E-state index contributed by atoms with van der Waals surface area (Å²) >= 11 is 0. The minimum Gasteiger partial charge on any atom is -0.356 e. The van der Waals surface area contributed by atoms with Gasteiger partial charge < -0.3 is 9.80 Å². The molecule has 0 aromatic heterocycles. The molecule has 1 rings (SSSR count). The van der Waals surface area contributed by atoms with E-state index in [1.807, 2.05) is 0 Å². The Balaban J connectivity index is 1.92. The van der Waals surface area contributed by atoms with Crippen LogP contribution in [-0.2, 0) is 11.3 Å². The van der Waals surface area contributed by atoms with E-state index in [-0.39, 0.29) is 5.91 Å². The first-order valence-electron chi connectivity index (χ1n) is 12.2. The fourth-order valence-electron chi connectivity index (χ4n) is 3.93. The topological polar surface area (TPSA) is 29.1 Å². The monoisotopic (exact) mass is 403 g/mol. The Morgan fingerprint density at radius 3 is 1.93 bits per heavy atom. The van der Waals surface area contributed by atoms with Crippen LogP contribution in [0.5, 0.6) is 0 Å². The van der Waals surface area contributed by atoms with Gasteiger partial charge in [0.1, 0.15) is 6.54 Å². The quantitative estimate of drug-likeness (QED) is 0.221. The molecule has 166 valence electrons. The van der Waals surface area contributed by atoms with Crippen molar-refractivity contribution >= 4 is 5.91 Å². The van der Waals surface area contributed by atoms with Crippen molar-refractivity contribution in [2.45, 2.75) is 96.9 Å². The Morgan fingerprint density at radius 2 is 1.34 bits per heavy atom. The molecule has 0 aliphatic carbocycles. The van der Waals surface area contributed by atoms with Crippen LogP contribution in [0.3, 0.4) is 0 Å². The normalized spacial score (nSPS) is 11.6. The number of nitrogens with one attached hydrogen (secondary N) is 1. The number of carbonyl (C=O) groups excluding carboxylic acids is 1. The molecule has 0 heterocycles. The van der Waals surface area contributed by atoms with Crippen LogP contribution in [0.15, 0.2) is 30.3 Å². The van der Waals surface area contributed by atoms with E-state index < -0.39 is 0 Å². The molecule has 0 spiro atoms. The van der Waals surface area contributed by atoms with Crippen LogP contribution in [0.1, 0.15) is 96.0 Å². The van der Waals surface area contributed by atoms with Crippen molar-refractivity contribution < 1.29 is 9.28 Å². The molecule has 1 N–H and O–H groups in total. The van der Waals surface area contributed by atoms with Gasteiger partial charge >= 0.3 is 0 Å². The highest BCUT2D eigenvalue weighted by molar-refractivity contribution is 5.75. The van der Waals surface area contributed by atoms with Gasteiger partial charge in [0.25, 0.3) is 0 Å². The lowest BCUT2D eigenvalue weighted by Crippen LogP contribution is -2.41. The first kappa shape index (κ1) is 25.7. The van der Waals surface area contributed by atoms with E-state index in [1.54, 1.807) is 0 Å². The van der Waals surface area contributed by atoms with Crippen molar-refractivity contribution in [3.8, 4) is 0 Å². The largest absolute Gasteiger partial charge is 0.356 e. The van der Waals surface area contributed by atoms with Crippen LogP contribution in [0, 0.1) is 0 Å². The number of nitrogens with zero attached hydrogens (tertiary/aromatic N) is 1. The maximum Gasteiger partial charge on any atom is 0.219 e. The van der Waals surface area contributed by atoms with Crippen molar-refractivity contribution in [1.29, 1.82) is 0 Å². The molecule has 0 fully saturated rings. The molecule has 3 heteroatoms. The van der Waals surface area contributed by atoms with Crippen LogP contribution in [-0.4, -0.2) is 37.6 Å². The molecule has 29 heavy (non-hydrogen) atoms. The summed E-state index contributed by atoms with van der Waals surface area (Å²) in [5, 5.41) is 3.11. The maximum absolute atomic E-state index is 12.0. The van der Waals surface area contributed by atoms with E-state index in [4.69, 9.17) is 0 Å². The van der Waals surface area contributed by atoms with Crippen LogP contribution in [0.2, 0.25) is 0 Å². The second-order valence-corrected chi connectivity index (χ2v) is 9.29. The summed E-state index contributed by atoms with van der Waals surface area (Å²) in [7, 11) is 4.53. The summed E-state index contributed by atoms with van der Waals surface area (Å²) in [6, 6.07) is 10.6. The highest BCUT2D eigenvalue weighted by Crippen LogP contribution is 2.12. The molecule has 0 aliphatic rings. The van der Waals surface area contributed by atoms with Gasteiger partial charge in [-0.2, -0.15) is 0 Å². The molecule has 1 aromatic rings. The number of carbonyl (C=O) groups is 1. The van der Waals surface area contributed by atoms with Gasteiger partial charge in [0.05, 0.1) is 20.6 Å². The minimum absolute atomic E-state index is 0.231. The average molecular weight is 404 g/mol. The molecule has 0 bridgehead atoms. The van der Waals surface area contributed by atoms with Crippen molar-refractivity contribution in [1.82, 2.24) is 5.32 Å². The third-order valence-electron chi connectivity index (χ3n) is 5.72. The SMILES string of the molecule is CCCCCCCCCCCCCC(=O)NCCC[N+](C)(C)Cc1ccccc1. The van der Waals surface area contributed by atoms with Gasteiger partial charge in [-0.05, 0) is 6.42 Å². The zero-order chi connectivity index (χ0) is 21.2. The zero-order valence-corrected chi connectivity index (χ0v) is 19.6. The van der Waals surface area contributed by atoms with Gasteiger partial charge in [-0.15, -0.1) is 0 Å². The van der Waals surface area contributed by atoms with Crippen LogP contribution < -0.4 is 5.32 Å². The number of quaternary nitrogens is 1. The van der Waals surface area contributed by atoms with E-state index in [9.17, 15) is 4.79 Å². The third-order valence-corrected chi connectivity index (χ3v) is 5.72. The summed E-state index contributed by atoms with van der Waals surface area (Å²) in [6.45, 7) is 5.18. The number of hydrogen-bond acceptors (Lipinski definition) is 1. The van der Waals surface area contributed by atoms with E-state index in [1.165, 1.54) is 69.8 Å². The number of rotatable bonds is 18. The van der Waals surface area contributed by atoms with Gasteiger partial charge in [0, 0.05) is 24.9 Å². The Morgan fingerprint density at radius 1 is 0.793 bits per heavy atom. The average Bonchev–Trinajstić information content (AvgIpc) is 2.70. The Kier molecular flexibility index (Phi) is 14.6. The highest BCUT2D eigenvalue weighted by Gasteiger charge is 2.15. The van der Waals surface area contributed by atoms with Crippen LogP contribution in [0.4, 0.5) is 0 Å².